The van der Waals surface area contributed by atoms with Crippen molar-refractivity contribution < 1.29 is 61.4 Å². The fourth-order valence-electron chi connectivity index (χ4n) is 3.17. The number of nitrogen functional groups attached to an aromatic ring is 1. The molecule has 1 saturated heterocycles. The van der Waals surface area contributed by atoms with Crippen LogP contribution in [0.4, 0.5) is 5.82 Å². The van der Waals surface area contributed by atoms with Gasteiger partial charge in [0.15, 0.2) is 11.8 Å². The molecule has 0 spiro atoms. The van der Waals surface area contributed by atoms with E-state index in [2.05, 4.69) is 30.0 Å². The summed E-state index contributed by atoms with van der Waals surface area (Å²) < 4.78 is 52.6. The largest absolute Gasteiger partial charge is 0.490 e. The van der Waals surface area contributed by atoms with Crippen LogP contribution in [0, 0.1) is 18.8 Å². The third kappa shape index (κ3) is 6.60. The lowest BCUT2D eigenvalue weighted by Gasteiger charge is -2.28. The summed E-state index contributed by atoms with van der Waals surface area (Å²) in [5.74, 6) is 4.52. The number of rotatable bonds is 8. The highest BCUT2D eigenvalue weighted by molar-refractivity contribution is 7.66. The van der Waals surface area contributed by atoms with Crippen LogP contribution in [0.2, 0.25) is 0 Å². The Bertz CT molecular complexity index is 1200. The Balaban J connectivity index is 2.37. The molecule has 4 unspecified atom stereocenters. The zero-order chi connectivity index (χ0) is 26.3. The van der Waals surface area contributed by atoms with Gasteiger partial charge in [0.25, 0.3) is 0 Å². The number of nitrogens with two attached hydrogens (primary N) is 1. The predicted octanol–water partition coefficient (Wildman–Crippen LogP) is -1.12. The zero-order valence-corrected chi connectivity index (χ0v) is 20.3. The SMILES string of the molecule is CC#CC1(O)C(O)[C@@H]([C@@H](C)OP(=O)(O)OP(=O)(O)OP(=O)(O)O)O[C@H]1n1c(C)cc(N)nc1=O. The summed E-state index contributed by atoms with van der Waals surface area (Å²) in [6.07, 6.45) is -7.12. The summed E-state index contributed by atoms with van der Waals surface area (Å²) in [7, 11) is -17.0. The predicted molar refractivity (Wildman–Crippen MR) is 110 cm³/mol. The van der Waals surface area contributed by atoms with Gasteiger partial charge in [-0.1, -0.05) is 5.92 Å². The van der Waals surface area contributed by atoms with Crippen LogP contribution < -0.4 is 11.4 Å². The average Bonchev–Trinajstić information content (AvgIpc) is 2.83. The standard InChI is InChI=1S/C14H22N3O14P3/c1-4-5-14(20)11(18)10(28-12(14)17-7(2)6-9(15)16-13(17)19)8(3)29-33(24,25)31-34(26,27)30-32(21,22)23/h6,8,10-12,18,20H,1-3H3,(H,24,25)(H,26,27)(H2,15,16,19)(H2,21,22,23)/t8-,10-,11?,12-,14?/m1/s1. The first kappa shape index (κ1) is 28.8. The topological polar surface area (TPSA) is 270 Å². The molecule has 8 N–H and O–H groups in total. The molecule has 1 aliphatic heterocycles. The van der Waals surface area contributed by atoms with Crippen molar-refractivity contribution in [3.8, 4) is 11.8 Å². The summed E-state index contributed by atoms with van der Waals surface area (Å²) in [6, 6.07) is 1.26. The van der Waals surface area contributed by atoms with Gasteiger partial charge < -0.3 is 40.3 Å². The number of hydrogen-bond acceptors (Lipinski definition) is 12. The number of phosphoric acid groups is 3. The Morgan fingerprint density at radius 3 is 2.32 bits per heavy atom. The third-order valence-electron chi connectivity index (χ3n) is 4.33. The molecule has 1 fully saturated rings. The zero-order valence-electron chi connectivity index (χ0n) is 17.6. The van der Waals surface area contributed by atoms with E-state index in [0.29, 0.717) is 0 Å². The van der Waals surface area contributed by atoms with E-state index >= 15 is 0 Å². The lowest BCUT2D eigenvalue weighted by atomic mass is 9.92. The first-order valence-electron chi connectivity index (χ1n) is 8.99. The smallest absolute Gasteiger partial charge is 0.386 e. The van der Waals surface area contributed by atoms with E-state index < -0.39 is 59.3 Å². The fourth-order valence-corrected chi connectivity index (χ4v) is 6.37. The molecule has 2 rings (SSSR count). The van der Waals surface area contributed by atoms with Crippen molar-refractivity contribution >= 4 is 29.3 Å². The van der Waals surface area contributed by atoms with Gasteiger partial charge in [-0.2, -0.15) is 13.6 Å². The highest BCUT2D eigenvalue weighted by atomic mass is 31.3. The molecule has 34 heavy (non-hydrogen) atoms. The van der Waals surface area contributed by atoms with Gasteiger partial charge in [-0.25, -0.2) is 18.5 Å². The second-order valence-corrected chi connectivity index (χ2v) is 11.3. The Morgan fingerprint density at radius 1 is 1.24 bits per heavy atom. The monoisotopic (exact) mass is 549 g/mol. The molecule has 0 amide bonds. The first-order chi connectivity index (χ1) is 15.3. The molecule has 0 bridgehead atoms. The van der Waals surface area contributed by atoms with E-state index in [-0.39, 0.29) is 11.5 Å². The van der Waals surface area contributed by atoms with E-state index in [0.717, 1.165) is 11.5 Å². The summed E-state index contributed by atoms with van der Waals surface area (Å²) in [4.78, 5) is 52.1. The fraction of sp³-hybridized carbons (Fsp3) is 0.571. The molecule has 192 valence electrons. The van der Waals surface area contributed by atoms with E-state index in [1.165, 1.54) is 19.9 Å². The normalized spacial score (nSPS) is 29.5. The molecule has 20 heteroatoms. The van der Waals surface area contributed by atoms with Gasteiger partial charge in [0.05, 0.1) is 6.10 Å². The highest BCUT2D eigenvalue weighted by Crippen LogP contribution is 2.66. The maximum Gasteiger partial charge on any atom is 0.490 e. The van der Waals surface area contributed by atoms with Crippen LogP contribution in [-0.4, -0.2) is 63.3 Å². The van der Waals surface area contributed by atoms with Crippen LogP contribution in [0.15, 0.2) is 10.9 Å². The summed E-state index contributed by atoms with van der Waals surface area (Å²) in [5.41, 5.74) is 2.21. The number of hydrogen-bond donors (Lipinski definition) is 7. The minimum Gasteiger partial charge on any atom is -0.386 e. The quantitative estimate of drug-likeness (QED) is 0.149. The Kier molecular flexibility index (Phi) is 8.36. The second-order valence-electron chi connectivity index (χ2n) is 6.97. The Labute approximate surface area is 191 Å². The molecule has 0 aliphatic carbocycles. The minimum atomic E-state index is -5.79. The second kappa shape index (κ2) is 9.88. The van der Waals surface area contributed by atoms with Crippen molar-refractivity contribution in [2.45, 2.75) is 50.9 Å². The Morgan fingerprint density at radius 2 is 1.82 bits per heavy atom. The molecule has 0 saturated carbocycles. The molecule has 1 aromatic heterocycles. The van der Waals surface area contributed by atoms with Crippen LogP contribution in [-0.2, 0) is 31.6 Å². The van der Waals surface area contributed by atoms with Gasteiger partial charge in [-0.15, -0.1) is 5.92 Å². The number of aryl methyl sites for hydroxylation is 1. The van der Waals surface area contributed by atoms with Crippen LogP contribution >= 0.6 is 23.5 Å². The van der Waals surface area contributed by atoms with Crippen molar-refractivity contribution in [2.24, 2.45) is 0 Å². The lowest BCUT2D eigenvalue weighted by Crippen LogP contribution is -2.49. The van der Waals surface area contributed by atoms with Crippen LogP contribution in [0.1, 0.15) is 25.8 Å². The molecular weight excluding hydrogens is 527 g/mol. The molecule has 7 atom stereocenters. The van der Waals surface area contributed by atoms with Gasteiger partial charge in [-0.05, 0) is 26.8 Å². The van der Waals surface area contributed by atoms with E-state index in [1.807, 2.05) is 0 Å². The number of phosphoric ester groups is 1. The first-order valence-corrected chi connectivity index (χ1v) is 13.5. The molecule has 0 aromatic carbocycles. The van der Waals surface area contributed by atoms with Gasteiger partial charge in [0.1, 0.15) is 18.0 Å². The van der Waals surface area contributed by atoms with Crippen LogP contribution in [0.5, 0.6) is 0 Å². The van der Waals surface area contributed by atoms with Crippen molar-refractivity contribution in [3.05, 3.63) is 22.2 Å². The molecule has 1 aliphatic rings. The van der Waals surface area contributed by atoms with E-state index in [1.54, 1.807) is 0 Å². The number of ether oxygens (including phenoxy) is 1. The van der Waals surface area contributed by atoms with Crippen molar-refractivity contribution in [1.29, 1.82) is 0 Å². The third-order valence-corrected chi connectivity index (χ3v) is 8.26. The molecule has 2 heterocycles. The maximum atomic E-state index is 12.4. The summed E-state index contributed by atoms with van der Waals surface area (Å²) in [6.45, 7) is 3.74. The number of aliphatic hydroxyl groups is 2. The highest BCUT2D eigenvalue weighted by Gasteiger charge is 2.59. The van der Waals surface area contributed by atoms with Crippen LogP contribution in [0.3, 0.4) is 0 Å². The van der Waals surface area contributed by atoms with Gasteiger partial charge in [-0.3, -0.25) is 9.09 Å². The average molecular weight is 549 g/mol. The number of anilines is 1. The minimum absolute atomic E-state index is 0.139. The van der Waals surface area contributed by atoms with E-state index in [4.69, 9.17) is 20.3 Å². The number of aliphatic hydroxyl groups excluding tert-OH is 1. The van der Waals surface area contributed by atoms with Gasteiger partial charge in [0.2, 0.25) is 0 Å². The van der Waals surface area contributed by atoms with Crippen molar-refractivity contribution in [3.63, 3.8) is 0 Å². The molecule has 17 nitrogen and oxygen atoms in total. The number of nitrogens with zero attached hydrogens (tertiary/aromatic N) is 2. The molecule has 1 aromatic rings. The Hall–Kier alpha value is -1.47. The van der Waals surface area contributed by atoms with Gasteiger partial charge >= 0.3 is 29.2 Å². The van der Waals surface area contributed by atoms with Crippen LogP contribution in [0.25, 0.3) is 0 Å². The molecular formula is C14H22N3O14P3. The van der Waals surface area contributed by atoms with Crippen molar-refractivity contribution in [2.75, 3.05) is 5.73 Å². The number of aromatic nitrogens is 2. The summed E-state index contributed by atoms with van der Waals surface area (Å²) >= 11 is 0. The van der Waals surface area contributed by atoms with Crippen molar-refractivity contribution in [1.82, 2.24) is 9.55 Å². The maximum absolute atomic E-state index is 12.4. The molecule has 0 radical (unpaired) electrons. The van der Waals surface area contributed by atoms with Gasteiger partial charge in [0, 0.05) is 5.69 Å². The summed E-state index contributed by atoms with van der Waals surface area (Å²) in [5, 5.41) is 21.7. The lowest BCUT2D eigenvalue weighted by molar-refractivity contribution is -0.0877. The van der Waals surface area contributed by atoms with E-state index in [9.17, 15) is 38.5 Å².